The topological polar surface area (TPSA) is 87.5 Å². The molecule has 17 heavy (non-hydrogen) atoms. The fourth-order valence-corrected chi connectivity index (χ4v) is 1.57. The normalized spacial score (nSPS) is 10.2. The molecule has 6 heteroatoms. The molecular formula is C11H11NO4S. The molecule has 1 aromatic heterocycles. The zero-order valence-corrected chi connectivity index (χ0v) is 9.58. The van der Waals surface area contributed by atoms with Gasteiger partial charge in [-0.1, -0.05) is 18.2 Å². The standard InChI is InChI=1S/C6H6O4S.C5H5N/c7-5-3-1-2-4-6(5)11(8,9)10;1-2-4-6-5-3-1/h1-4,7H,(H,8,9,10);1-5H. The van der Waals surface area contributed by atoms with Gasteiger partial charge in [-0.15, -0.1) is 0 Å². The van der Waals surface area contributed by atoms with Crippen LogP contribution in [0.2, 0.25) is 0 Å². The molecule has 0 bridgehead atoms. The van der Waals surface area contributed by atoms with Crippen molar-refractivity contribution in [3.63, 3.8) is 0 Å². The lowest BCUT2D eigenvalue weighted by Gasteiger charge is -1.97. The summed E-state index contributed by atoms with van der Waals surface area (Å²) in [4.78, 5) is 3.31. The third-order valence-corrected chi connectivity index (χ3v) is 2.61. The number of hydrogen-bond donors (Lipinski definition) is 2. The van der Waals surface area contributed by atoms with E-state index < -0.39 is 20.8 Å². The fraction of sp³-hybridized carbons (Fsp3) is 0. The molecule has 0 spiro atoms. The lowest BCUT2D eigenvalue weighted by atomic mass is 10.3. The van der Waals surface area contributed by atoms with Crippen molar-refractivity contribution in [1.29, 1.82) is 0 Å². The van der Waals surface area contributed by atoms with Crippen molar-refractivity contribution in [3.05, 3.63) is 54.9 Å². The van der Waals surface area contributed by atoms with Crippen LogP contribution in [0, 0.1) is 0 Å². The van der Waals surface area contributed by atoms with Gasteiger partial charge in [0.2, 0.25) is 0 Å². The Bertz CT molecular complexity index is 528. The second-order valence-corrected chi connectivity index (χ2v) is 4.36. The number of phenolic OH excluding ortho intramolecular Hbond substituents is 1. The first-order valence-corrected chi connectivity index (χ1v) is 6.06. The van der Waals surface area contributed by atoms with Gasteiger partial charge in [0.05, 0.1) is 0 Å². The maximum atomic E-state index is 10.4. The van der Waals surface area contributed by atoms with Crippen molar-refractivity contribution in [3.8, 4) is 5.75 Å². The van der Waals surface area contributed by atoms with Crippen LogP contribution >= 0.6 is 0 Å². The van der Waals surface area contributed by atoms with E-state index in [1.165, 1.54) is 18.2 Å². The van der Waals surface area contributed by atoms with Crippen LogP contribution in [0.15, 0.2) is 59.8 Å². The molecule has 90 valence electrons. The minimum absolute atomic E-state index is 0.449. The summed E-state index contributed by atoms with van der Waals surface area (Å²) in [6, 6.07) is 10.9. The van der Waals surface area contributed by atoms with Gasteiger partial charge in [-0.3, -0.25) is 9.54 Å². The van der Waals surface area contributed by atoms with Gasteiger partial charge in [0.1, 0.15) is 10.6 Å². The highest BCUT2D eigenvalue weighted by Crippen LogP contribution is 2.20. The van der Waals surface area contributed by atoms with E-state index in [1.54, 1.807) is 12.4 Å². The highest BCUT2D eigenvalue weighted by atomic mass is 32.2. The Morgan fingerprint density at radius 1 is 0.941 bits per heavy atom. The van der Waals surface area contributed by atoms with Gasteiger partial charge in [-0.25, -0.2) is 0 Å². The predicted octanol–water partition coefficient (Wildman–Crippen LogP) is 1.72. The summed E-state index contributed by atoms with van der Waals surface area (Å²) in [5.74, 6) is -0.449. The Morgan fingerprint density at radius 2 is 1.53 bits per heavy atom. The van der Waals surface area contributed by atoms with E-state index in [1.807, 2.05) is 18.2 Å². The largest absolute Gasteiger partial charge is 0.506 e. The van der Waals surface area contributed by atoms with Crippen LogP contribution in [0.3, 0.4) is 0 Å². The van der Waals surface area contributed by atoms with Crippen LogP contribution in [-0.2, 0) is 10.1 Å². The second kappa shape index (κ2) is 5.97. The van der Waals surface area contributed by atoms with E-state index in [0.29, 0.717) is 0 Å². The summed E-state index contributed by atoms with van der Waals surface area (Å²) < 4.78 is 29.4. The maximum absolute atomic E-state index is 10.4. The zero-order valence-electron chi connectivity index (χ0n) is 8.76. The molecule has 0 atom stereocenters. The van der Waals surface area contributed by atoms with Gasteiger partial charge in [-0.05, 0) is 24.3 Å². The number of rotatable bonds is 1. The van der Waals surface area contributed by atoms with Gasteiger partial charge < -0.3 is 5.11 Å². The van der Waals surface area contributed by atoms with Crippen molar-refractivity contribution in [1.82, 2.24) is 4.98 Å². The summed E-state index contributed by atoms with van der Waals surface area (Å²) >= 11 is 0. The first-order valence-electron chi connectivity index (χ1n) is 4.62. The number of phenols is 1. The van der Waals surface area contributed by atoms with Crippen LogP contribution < -0.4 is 0 Å². The smallest absolute Gasteiger partial charge is 0.298 e. The van der Waals surface area contributed by atoms with E-state index >= 15 is 0 Å². The molecule has 0 aliphatic rings. The molecule has 2 N–H and O–H groups in total. The molecule has 0 fully saturated rings. The molecule has 0 radical (unpaired) electrons. The molecule has 5 nitrogen and oxygen atoms in total. The van der Waals surface area contributed by atoms with Gasteiger partial charge in [0.15, 0.2) is 0 Å². The van der Waals surface area contributed by atoms with Gasteiger partial charge in [-0.2, -0.15) is 8.42 Å². The van der Waals surface area contributed by atoms with Crippen LogP contribution in [0.5, 0.6) is 5.75 Å². The SMILES string of the molecule is O=S(=O)(O)c1ccccc1O.c1ccncc1. The van der Waals surface area contributed by atoms with Gasteiger partial charge in [0.25, 0.3) is 10.1 Å². The quantitative estimate of drug-likeness (QED) is 0.755. The zero-order chi connectivity index (χ0) is 12.7. The third kappa shape index (κ3) is 4.62. The molecular weight excluding hydrogens is 242 g/mol. The van der Waals surface area contributed by atoms with Crippen molar-refractivity contribution in [2.24, 2.45) is 0 Å². The Hall–Kier alpha value is -1.92. The Balaban J connectivity index is 0.000000202. The van der Waals surface area contributed by atoms with Gasteiger partial charge in [0, 0.05) is 12.4 Å². The summed E-state index contributed by atoms with van der Waals surface area (Å²) in [6.07, 6.45) is 3.50. The molecule has 2 aromatic rings. The van der Waals surface area contributed by atoms with E-state index in [-0.39, 0.29) is 0 Å². The number of aromatic nitrogens is 1. The molecule has 0 saturated heterocycles. The van der Waals surface area contributed by atoms with Crippen LogP contribution in [-0.4, -0.2) is 23.1 Å². The molecule has 1 aromatic carbocycles. The monoisotopic (exact) mass is 253 g/mol. The lowest BCUT2D eigenvalue weighted by Crippen LogP contribution is -1.97. The molecule has 1 heterocycles. The Morgan fingerprint density at radius 3 is 1.82 bits per heavy atom. The lowest BCUT2D eigenvalue weighted by molar-refractivity contribution is 0.443. The van der Waals surface area contributed by atoms with Crippen molar-refractivity contribution >= 4 is 10.1 Å². The molecule has 2 rings (SSSR count). The number of nitrogens with zero attached hydrogens (tertiary/aromatic N) is 1. The van der Waals surface area contributed by atoms with Crippen molar-refractivity contribution in [2.45, 2.75) is 4.90 Å². The summed E-state index contributed by atoms with van der Waals surface area (Å²) in [5.41, 5.74) is 0. The number of aromatic hydroxyl groups is 1. The minimum atomic E-state index is -4.28. The van der Waals surface area contributed by atoms with E-state index in [4.69, 9.17) is 9.66 Å². The molecule has 0 aliphatic carbocycles. The molecule has 0 amide bonds. The van der Waals surface area contributed by atoms with Crippen LogP contribution in [0.1, 0.15) is 0 Å². The van der Waals surface area contributed by atoms with Crippen LogP contribution in [0.25, 0.3) is 0 Å². The van der Waals surface area contributed by atoms with E-state index in [0.717, 1.165) is 6.07 Å². The summed E-state index contributed by atoms with van der Waals surface area (Å²) in [6.45, 7) is 0. The first-order chi connectivity index (χ1) is 8.02. The highest BCUT2D eigenvalue weighted by Gasteiger charge is 2.12. The predicted molar refractivity (Wildman–Crippen MR) is 62.2 cm³/mol. The average molecular weight is 253 g/mol. The Kier molecular flexibility index (Phi) is 4.62. The van der Waals surface area contributed by atoms with E-state index in [9.17, 15) is 8.42 Å². The summed E-state index contributed by atoms with van der Waals surface area (Å²) in [5, 5.41) is 8.91. The molecule has 0 unspecified atom stereocenters. The second-order valence-electron chi connectivity index (χ2n) is 2.97. The molecule has 0 saturated carbocycles. The Labute approximate surface area is 99.1 Å². The summed E-state index contributed by atoms with van der Waals surface area (Å²) in [7, 11) is -4.28. The number of pyridine rings is 1. The maximum Gasteiger partial charge on any atom is 0.298 e. The van der Waals surface area contributed by atoms with Gasteiger partial charge >= 0.3 is 0 Å². The van der Waals surface area contributed by atoms with Crippen LogP contribution in [0.4, 0.5) is 0 Å². The van der Waals surface area contributed by atoms with Crippen molar-refractivity contribution < 1.29 is 18.1 Å². The highest BCUT2D eigenvalue weighted by molar-refractivity contribution is 7.86. The number of para-hydroxylation sites is 1. The average Bonchev–Trinajstić information content (AvgIpc) is 2.31. The third-order valence-electron chi connectivity index (χ3n) is 1.71. The number of hydrogen-bond acceptors (Lipinski definition) is 4. The number of benzene rings is 1. The van der Waals surface area contributed by atoms with Crippen molar-refractivity contribution in [2.75, 3.05) is 0 Å². The fourth-order valence-electron chi connectivity index (χ4n) is 0.988. The molecule has 0 aliphatic heterocycles. The minimum Gasteiger partial charge on any atom is -0.506 e. The van der Waals surface area contributed by atoms with E-state index in [2.05, 4.69) is 4.98 Å². The first kappa shape index (κ1) is 13.1.